The molecule has 2 heterocycles. The summed E-state index contributed by atoms with van der Waals surface area (Å²) >= 11 is 5.86. The van der Waals surface area contributed by atoms with Crippen LogP contribution in [0.5, 0.6) is 0 Å². The minimum atomic E-state index is 0.390. The molecule has 0 bridgehead atoms. The van der Waals surface area contributed by atoms with Gasteiger partial charge in [0, 0.05) is 6.07 Å². The van der Waals surface area contributed by atoms with Crippen LogP contribution in [-0.4, -0.2) is 25.0 Å². The number of halogens is 1. The van der Waals surface area contributed by atoms with E-state index in [1.165, 1.54) is 6.33 Å². The Labute approximate surface area is 108 Å². The lowest BCUT2D eigenvalue weighted by Gasteiger charge is -2.05. The summed E-state index contributed by atoms with van der Waals surface area (Å²) in [7, 11) is 0. The van der Waals surface area contributed by atoms with Crippen LogP contribution in [-0.2, 0) is 0 Å². The lowest BCUT2D eigenvalue weighted by Crippen LogP contribution is -2.00. The molecule has 0 fully saturated rings. The van der Waals surface area contributed by atoms with Crippen molar-refractivity contribution in [1.82, 2.24) is 25.0 Å². The van der Waals surface area contributed by atoms with E-state index in [9.17, 15) is 0 Å². The van der Waals surface area contributed by atoms with Crippen molar-refractivity contribution in [1.29, 1.82) is 0 Å². The van der Waals surface area contributed by atoms with Crippen LogP contribution in [0, 0.1) is 0 Å². The predicted molar refractivity (Wildman–Crippen MR) is 67.4 cm³/mol. The van der Waals surface area contributed by atoms with E-state index in [4.69, 9.17) is 11.6 Å². The topological polar surface area (TPSA) is 56.5 Å². The summed E-state index contributed by atoms with van der Waals surface area (Å²) in [4.78, 5) is 8.03. The van der Waals surface area contributed by atoms with Gasteiger partial charge in [0.05, 0.1) is 17.6 Å². The third-order valence-corrected chi connectivity index (χ3v) is 2.65. The quantitative estimate of drug-likeness (QED) is 0.662. The van der Waals surface area contributed by atoms with Gasteiger partial charge < -0.3 is 0 Å². The second-order valence-corrected chi connectivity index (χ2v) is 3.98. The Hall–Kier alpha value is -2.27. The van der Waals surface area contributed by atoms with Gasteiger partial charge in [-0.1, -0.05) is 35.0 Å². The summed E-state index contributed by atoms with van der Waals surface area (Å²) in [5, 5.41) is 8.36. The highest BCUT2D eigenvalue weighted by Crippen LogP contribution is 2.20. The van der Waals surface area contributed by atoms with Crippen LogP contribution in [0.25, 0.3) is 17.1 Å². The number of rotatable bonds is 2. The Morgan fingerprint density at radius 1 is 1.06 bits per heavy atom. The molecule has 0 aliphatic carbocycles. The minimum Gasteiger partial charge on any atom is -0.235 e. The molecule has 18 heavy (non-hydrogen) atoms. The van der Waals surface area contributed by atoms with Gasteiger partial charge in [-0.2, -0.15) is 0 Å². The number of benzene rings is 1. The molecule has 0 unspecified atom stereocenters. The van der Waals surface area contributed by atoms with Gasteiger partial charge in [-0.25, -0.2) is 14.6 Å². The average Bonchev–Trinajstić information content (AvgIpc) is 2.89. The van der Waals surface area contributed by atoms with E-state index in [1.807, 2.05) is 30.3 Å². The molecule has 0 atom stereocenters. The lowest BCUT2D eigenvalue weighted by atomic mass is 10.3. The van der Waals surface area contributed by atoms with E-state index in [1.54, 1.807) is 16.9 Å². The zero-order valence-corrected chi connectivity index (χ0v) is 9.99. The minimum absolute atomic E-state index is 0.390. The van der Waals surface area contributed by atoms with E-state index in [-0.39, 0.29) is 0 Å². The fraction of sp³-hybridized carbons (Fsp3) is 0. The first-order valence-electron chi connectivity index (χ1n) is 5.28. The molecule has 3 aromatic rings. The molecule has 1 aromatic carbocycles. The molecule has 6 heteroatoms. The SMILES string of the molecule is Clc1cc(-c2cnnn2-c2ccccc2)ncn1. The molecular formula is C12H8ClN5. The molecule has 5 nitrogen and oxygen atoms in total. The Morgan fingerprint density at radius 3 is 2.67 bits per heavy atom. The molecule has 0 saturated carbocycles. The largest absolute Gasteiger partial charge is 0.235 e. The third kappa shape index (κ3) is 1.96. The van der Waals surface area contributed by atoms with Gasteiger partial charge >= 0.3 is 0 Å². The molecule has 2 aromatic heterocycles. The van der Waals surface area contributed by atoms with Crippen LogP contribution in [0.15, 0.2) is 48.9 Å². The zero-order chi connectivity index (χ0) is 12.4. The first kappa shape index (κ1) is 10.9. The van der Waals surface area contributed by atoms with Crippen molar-refractivity contribution in [3.05, 3.63) is 54.1 Å². The second kappa shape index (κ2) is 4.54. The third-order valence-electron chi connectivity index (χ3n) is 2.45. The van der Waals surface area contributed by atoms with Crippen molar-refractivity contribution in [2.45, 2.75) is 0 Å². The van der Waals surface area contributed by atoms with Crippen LogP contribution in [0.4, 0.5) is 0 Å². The number of aromatic nitrogens is 5. The standard InChI is InChI=1S/C12H8ClN5/c13-12-6-10(14-8-15-12)11-7-16-17-18(11)9-4-2-1-3-5-9/h1-8H. The van der Waals surface area contributed by atoms with E-state index in [0.29, 0.717) is 10.8 Å². The van der Waals surface area contributed by atoms with Crippen LogP contribution in [0.2, 0.25) is 5.15 Å². The Balaban J connectivity index is 2.13. The van der Waals surface area contributed by atoms with Crippen molar-refractivity contribution in [2.75, 3.05) is 0 Å². The monoisotopic (exact) mass is 257 g/mol. The van der Waals surface area contributed by atoms with Gasteiger partial charge in [0.1, 0.15) is 17.2 Å². The van der Waals surface area contributed by atoms with Crippen LogP contribution < -0.4 is 0 Å². The maximum Gasteiger partial charge on any atom is 0.133 e. The van der Waals surface area contributed by atoms with Crippen molar-refractivity contribution in [3.8, 4) is 17.1 Å². The van der Waals surface area contributed by atoms with Crippen LogP contribution in [0.3, 0.4) is 0 Å². The number of para-hydroxylation sites is 1. The Morgan fingerprint density at radius 2 is 1.89 bits per heavy atom. The predicted octanol–water partition coefficient (Wildman–Crippen LogP) is 2.38. The highest BCUT2D eigenvalue weighted by Gasteiger charge is 2.10. The summed E-state index contributed by atoms with van der Waals surface area (Å²) in [6, 6.07) is 11.4. The molecule has 0 aliphatic rings. The molecule has 0 radical (unpaired) electrons. The first-order chi connectivity index (χ1) is 8.84. The lowest BCUT2D eigenvalue weighted by molar-refractivity contribution is 0.806. The number of hydrogen-bond donors (Lipinski definition) is 0. The molecule has 0 N–H and O–H groups in total. The fourth-order valence-corrected chi connectivity index (χ4v) is 1.79. The van der Waals surface area contributed by atoms with Crippen LogP contribution in [0.1, 0.15) is 0 Å². The summed E-state index contributed by atoms with van der Waals surface area (Å²) in [5.74, 6) is 0. The molecule has 0 saturated heterocycles. The Kier molecular flexibility index (Phi) is 2.74. The molecule has 0 amide bonds. The van der Waals surface area contributed by atoms with Crippen molar-refractivity contribution in [3.63, 3.8) is 0 Å². The smallest absolute Gasteiger partial charge is 0.133 e. The number of hydrogen-bond acceptors (Lipinski definition) is 4. The first-order valence-corrected chi connectivity index (χ1v) is 5.66. The molecule has 88 valence electrons. The van der Waals surface area contributed by atoms with Crippen molar-refractivity contribution in [2.24, 2.45) is 0 Å². The average molecular weight is 258 g/mol. The summed E-state index contributed by atoms with van der Waals surface area (Å²) in [5.41, 5.74) is 2.37. The van der Waals surface area contributed by atoms with Gasteiger partial charge in [-0.15, -0.1) is 5.10 Å². The maximum atomic E-state index is 5.86. The summed E-state index contributed by atoms with van der Waals surface area (Å²) in [6.07, 6.45) is 3.06. The highest BCUT2D eigenvalue weighted by atomic mass is 35.5. The van der Waals surface area contributed by atoms with E-state index < -0.39 is 0 Å². The molecule has 3 rings (SSSR count). The summed E-state index contributed by atoms with van der Waals surface area (Å²) < 4.78 is 1.71. The number of nitrogens with zero attached hydrogens (tertiary/aromatic N) is 5. The van der Waals surface area contributed by atoms with E-state index >= 15 is 0 Å². The van der Waals surface area contributed by atoms with E-state index in [2.05, 4.69) is 20.3 Å². The van der Waals surface area contributed by atoms with Crippen LogP contribution >= 0.6 is 11.6 Å². The molecule has 0 spiro atoms. The van der Waals surface area contributed by atoms with Gasteiger partial charge in [0.15, 0.2) is 0 Å². The second-order valence-electron chi connectivity index (χ2n) is 3.59. The van der Waals surface area contributed by atoms with Gasteiger partial charge in [0.25, 0.3) is 0 Å². The fourth-order valence-electron chi connectivity index (χ4n) is 1.64. The molecule has 0 aliphatic heterocycles. The van der Waals surface area contributed by atoms with Gasteiger partial charge in [0.2, 0.25) is 0 Å². The van der Waals surface area contributed by atoms with Gasteiger partial charge in [-0.3, -0.25) is 0 Å². The summed E-state index contributed by atoms with van der Waals surface area (Å²) in [6.45, 7) is 0. The Bertz CT molecular complexity index is 665. The van der Waals surface area contributed by atoms with E-state index in [0.717, 1.165) is 11.4 Å². The zero-order valence-electron chi connectivity index (χ0n) is 9.23. The van der Waals surface area contributed by atoms with Gasteiger partial charge in [-0.05, 0) is 12.1 Å². The normalized spacial score (nSPS) is 10.5. The highest BCUT2D eigenvalue weighted by molar-refractivity contribution is 6.29. The van der Waals surface area contributed by atoms with Crippen molar-refractivity contribution < 1.29 is 0 Å². The van der Waals surface area contributed by atoms with Crippen molar-refractivity contribution >= 4 is 11.6 Å². The maximum absolute atomic E-state index is 5.86. The molecular weight excluding hydrogens is 250 g/mol.